The molecule has 30 heavy (non-hydrogen) atoms. The van der Waals surface area contributed by atoms with E-state index in [1.807, 2.05) is 0 Å². The van der Waals surface area contributed by atoms with Gasteiger partial charge in [-0.2, -0.15) is 0 Å². The number of nitrogens with one attached hydrogen (secondary N) is 2. The van der Waals surface area contributed by atoms with E-state index in [9.17, 15) is 26.8 Å². The van der Waals surface area contributed by atoms with Crippen LogP contribution in [0.5, 0.6) is 0 Å². The van der Waals surface area contributed by atoms with Gasteiger partial charge in [-0.3, -0.25) is 9.52 Å². The lowest BCUT2D eigenvalue weighted by atomic mass is 10.2. The van der Waals surface area contributed by atoms with Crippen molar-refractivity contribution in [2.45, 2.75) is 4.90 Å². The molecule has 2 aromatic carbocycles. The molecule has 0 saturated carbocycles. The van der Waals surface area contributed by atoms with Crippen molar-refractivity contribution >= 4 is 33.4 Å². The smallest absolute Gasteiger partial charge is 0.335 e. The van der Waals surface area contributed by atoms with E-state index in [0.29, 0.717) is 0 Å². The predicted octanol–water partition coefficient (Wildman–Crippen LogP) is 3.11. The van der Waals surface area contributed by atoms with Gasteiger partial charge in [-0.25, -0.2) is 27.0 Å². The van der Waals surface area contributed by atoms with Gasteiger partial charge in [-0.05, 0) is 42.5 Å². The maximum absolute atomic E-state index is 13.3. The van der Waals surface area contributed by atoms with Crippen molar-refractivity contribution in [2.75, 3.05) is 10.0 Å². The van der Waals surface area contributed by atoms with Gasteiger partial charge in [-0.15, -0.1) is 0 Å². The van der Waals surface area contributed by atoms with Crippen LogP contribution in [0.1, 0.15) is 20.7 Å². The van der Waals surface area contributed by atoms with Gasteiger partial charge in [0.05, 0.1) is 10.5 Å². The fourth-order valence-corrected chi connectivity index (χ4v) is 3.44. The number of carboxylic acid groups (broad SMARTS) is 1. The molecule has 1 amide bonds. The average molecular weight is 433 g/mol. The zero-order chi connectivity index (χ0) is 21.9. The number of carbonyl (C=O) groups excluding carboxylic acids is 1. The highest BCUT2D eigenvalue weighted by Crippen LogP contribution is 2.18. The van der Waals surface area contributed by atoms with Gasteiger partial charge >= 0.3 is 5.97 Å². The van der Waals surface area contributed by atoms with Crippen LogP contribution in [0.2, 0.25) is 0 Å². The van der Waals surface area contributed by atoms with Crippen LogP contribution >= 0.6 is 0 Å². The number of rotatable bonds is 6. The molecule has 0 spiro atoms. The van der Waals surface area contributed by atoms with Crippen molar-refractivity contribution in [2.24, 2.45) is 0 Å². The molecule has 0 saturated heterocycles. The predicted molar refractivity (Wildman–Crippen MR) is 103 cm³/mol. The van der Waals surface area contributed by atoms with Crippen LogP contribution in [-0.2, 0) is 10.0 Å². The fraction of sp³-hybridized carbons (Fsp3) is 0. The number of pyridine rings is 1. The maximum atomic E-state index is 13.3. The number of hydrogen-bond acceptors (Lipinski definition) is 5. The molecule has 0 unspecified atom stereocenters. The van der Waals surface area contributed by atoms with E-state index in [4.69, 9.17) is 5.11 Å². The van der Waals surface area contributed by atoms with Crippen molar-refractivity contribution in [3.63, 3.8) is 0 Å². The monoisotopic (exact) mass is 433 g/mol. The molecule has 8 nitrogen and oxygen atoms in total. The second kappa shape index (κ2) is 8.25. The summed E-state index contributed by atoms with van der Waals surface area (Å²) in [5, 5.41) is 11.4. The number of aromatic carboxylic acids is 1. The van der Waals surface area contributed by atoms with E-state index >= 15 is 0 Å². The minimum absolute atomic E-state index is 0.00308. The maximum Gasteiger partial charge on any atom is 0.335 e. The molecule has 0 aliphatic carbocycles. The molecular weight excluding hydrogens is 420 g/mol. The molecule has 0 aliphatic heterocycles. The highest BCUT2D eigenvalue weighted by atomic mass is 32.2. The van der Waals surface area contributed by atoms with Gasteiger partial charge in [0, 0.05) is 23.5 Å². The van der Waals surface area contributed by atoms with Crippen LogP contribution < -0.4 is 10.0 Å². The van der Waals surface area contributed by atoms with Gasteiger partial charge in [0.25, 0.3) is 15.9 Å². The molecule has 0 fully saturated rings. The Bertz CT molecular complexity index is 1250. The number of hydrogen-bond donors (Lipinski definition) is 3. The van der Waals surface area contributed by atoms with Gasteiger partial charge in [0.2, 0.25) is 0 Å². The Kier molecular flexibility index (Phi) is 5.74. The van der Waals surface area contributed by atoms with Crippen LogP contribution in [0, 0.1) is 11.6 Å². The second-order valence-corrected chi connectivity index (χ2v) is 7.63. The van der Waals surface area contributed by atoms with Crippen molar-refractivity contribution in [3.8, 4) is 0 Å². The Balaban J connectivity index is 1.81. The number of benzene rings is 2. The van der Waals surface area contributed by atoms with E-state index < -0.39 is 33.5 Å². The standard InChI is InChI=1S/C19H13F2N3O5S/c20-15-5-4-13(10-16(15)21)23-18(25)11-6-7-22-17(9-11)24-30(28,29)14-3-1-2-12(8-14)19(26)27/h1-10H,(H,22,24)(H,23,25)(H,26,27). The summed E-state index contributed by atoms with van der Waals surface area (Å²) >= 11 is 0. The highest BCUT2D eigenvalue weighted by Gasteiger charge is 2.18. The number of nitrogens with zero attached hydrogens (tertiary/aromatic N) is 1. The largest absolute Gasteiger partial charge is 0.478 e. The first kappa shape index (κ1) is 20.9. The van der Waals surface area contributed by atoms with Gasteiger partial charge in [-0.1, -0.05) is 6.07 Å². The number of sulfonamides is 1. The van der Waals surface area contributed by atoms with Crippen LogP contribution in [-0.4, -0.2) is 30.4 Å². The number of anilines is 2. The molecule has 1 heterocycles. The van der Waals surface area contributed by atoms with E-state index in [2.05, 4.69) is 15.0 Å². The summed E-state index contributed by atoms with van der Waals surface area (Å²) in [7, 11) is -4.18. The Morgan fingerprint density at radius 2 is 1.70 bits per heavy atom. The first-order valence-corrected chi connectivity index (χ1v) is 9.73. The van der Waals surface area contributed by atoms with E-state index in [1.54, 1.807) is 0 Å². The van der Waals surface area contributed by atoms with Crippen LogP contribution in [0.4, 0.5) is 20.3 Å². The second-order valence-electron chi connectivity index (χ2n) is 5.95. The molecule has 3 rings (SSSR count). The Labute approximate surface area is 169 Å². The minimum atomic E-state index is -4.18. The molecule has 3 N–H and O–H groups in total. The first-order valence-electron chi connectivity index (χ1n) is 8.24. The van der Waals surface area contributed by atoms with Crippen LogP contribution in [0.15, 0.2) is 65.7 Å². The molecule has 3 aromatic rings. The minimum Gasteiger partial charge on any atom is -0.478 e. The first-order chi connectivity index (χ1) is 14.2. The molecule has 154 valence electrons. The van der Waals surface area contributed by atoms with Gasteiger partial charge < -0.3 is 10.4 Å². The topological polar surface area (TPSA) is 125 Å². The third-order valence-corrected chi connectivity index (χ3v) is 5.18. The van der Waals surface area contributed by atoms with Crippen molar-refractivity contribution in [1.82, 2.24) is 4.98 Å². The van der Waals surface area contributed by atoms with Crippen LogP contribution in [0.25, 0.3) is 0 Å². The number of halogens is 2. The summed E-state index contributed by atoms with van der Waals surface area (Å²) in [6, 6.07) is 9.93. The third-order valence-electron chi connectivity index (χ3n) is 3.83. The van der Waals surface area contributed by atoms with Crippen LogP contribution in [0.3, 0.4) is 0 Å². The summed E-state index contributed by atoms with van der Waals surface area (Å²) in [6.45, 7) is 0. The summed E-state index contributed by atoms with van der Waals surface area (Å²) in [4.78, 5) is 26.9. The quantitative estimate of drug-likeness (QED) is 0.549. The molecule has 11 heteroatoms. The van der Waals surface area contributed by atoms with E-state index in [0.717, 1.165) is 30.3 Å². The van der Waals surface area contributed by atoms with E-state index in [-0.39, 0.29) is 27.5 Å². The average Bonchev–Trinajstić information content (AvgIpc) is 2.70. The SMILES string of the molecule is O=C(O)c1cccc(S(=O)(=O)Nc2cc(C(=O)Nc3ccc(F)c(F)c3)ccn2)c1. The number of aromatic nitrogens is 1. The zero-order valence-corrected chi connectivity index (χ0v) is 15.8. The lowest BCUT2D eigenvalue weighted by Crippen LogP contribution is -2.16. The lowest BCUT2D eigenvalue weighted by Gasteiger charge is -2.10. The fourth-order valence-electron chi connectivity index (χ4n) is 2.40. The number of amides is 1. The zero-order valence-electron chi connectivity index (χ0n) is 15.0. The highest BCUT2D eigenvalue weighted by molar-refractivity contribution is 7.92. The lowest BCUT2D eigenvalue weighted by molar-refractivity contribution is 0.0696. The number of carbonyl (C=O) groups is 2. The molecule has 0 aliphatic rings. The molecular formula is C19H13F2N3O5S. The number of carboxylic acids is 1. The summed E-state index contributed by atoms with van der Waals surface area (Å²) in [5.74, 6) is -4.41. The molecule has 0 bridgehead atoms. The summed E-state index contributed by atoms with van der Waals surface area (Å²) in [6.07, 6.45) is 1.17. The normalized spacial score (nSPS) is 11.0. The van der Waals surface area contributed by atoms with Crippen molar-refractivity contribution in [1.29, 1.82) is 0 Å². The van der Waals surface area contributed by atoms with Crippen molar-refractivity contribution in [3.05, 3.63) is 83.6 Å². The van der Waals surface area contributed by atoms with Crippen molar-refractivity contribution < 1.29 is 31.9 Å². The molecule has 0 radical (unpaired) electrons. The Morgan fingerprint density at radius 1 is 0.933 bits per heavy atom. The summed E-state index contributed by atoms with van der Waals surface area (Å²) in [5.41, 5.74) is -0.222. The summed E-state index contributed by atoms with van der Waals surface area (Å²) < 4.78 is 53.4. The third kappa shape index (κ3) is 4.75. The molecule has 0 atom stereocenters. The Morgan fingerprint density at radius 3 is 2.40 bits per heavy atom. The van der Waals surface area contributed by atoms with Gasteiger partial charge in [0.15, 0.2) is 11.6 Å². The van der Waals surface area contributed by atoms with Gasteiger partial charge in [0.1, 0.15) is 5.82 Å². The van der Waals surface area contributed by atoms with E-state index in [1.165, 1.54) is 30.5 Å². The Hall–Kier alpha value is -3.86. The molecule has 1 aromatic heterocycles.